The fraction of sp³-hybridized carbons (Fsp3) is 0.857. The van der Waals surface area contributed by atoms with Gasteiger partial charge < -0.3 is 25.2 Å². The van der Waals surface area contributed by atoms with Crippen LogP contribution in [0.4, 0.5) is 0 Å². The Morgan fingerprint density at radius 1 is 1.15 bits per heavy atom. The van der Waals surface area contributed by atoms with E-state index >= 15 is 0 Å². The lowest BCUT2D eigenvalue weighted by molar-refractivity contribution is -0.139. The summed E-state index contributed by atoms with van der Waals surface area (Å²) >= 11 is 0. The molecule has 6 nitrogen and oxygen atoms in total. The number of ether oxygens (including phenoxy) is 1. The first-order chi connectivity index (χ1) is 12.9. The maximum atomic E-state index is 10.8. The summed E-state index contributed by atoms with van der Waals surface area (Å²) in [6.07, 6.45) is 9.14. The SMILES string of the molecule is CCCCC[C@H](O)/C=C/[C@@H]1[C@@H](CCCC[C@H](CC(=O)O)OC)[C@@H](O)C[C@H]1O. The van der Waals surface area contributed by atoms with Crippen molar-refractivity contribution < 1.29 is 30.0 Å². The van der Waals surface area contributed by atoms with Crippen molar-refractivity contribution in [3.05, 3.63) is 12.2 Å². The number of hydrogen-bond acceptors (Lipinski definition) is 5. The van der Waals surface area contributed by atoms with E-state index in [4.69, 9.17) is 9.84 Å². The van der Waals surface area contributed by atoms with E-state index in [0.29, 0.717) is 12.8 Å². The van der Waals surface area contributed by atoms with Crippen LogP contribution in [0.15, 0.2) is 12.2 Å². The molecule has 0 unspecified atom stereocenters. The molecule has 158 valence electrons. The molecule has 0 heterocycles. The summed E-state index contributed by atoms with van der Waals surface area (Å²) in [5, 5.41) is 39.4. The predicted octanol–water partition coefficient (Wildman–Crippen LogP) is 2.89. The fourth-order valence-electron chi connectivity index (χ4n) is 3.98. The Bertz CT molecular complexity index is 438. The number of aliphatic hydroxyl groups excluding tert-OH is 3. The molecule has 4 N–H and O–H groups in total. The van der Waals surface area contributed by atoms with Crippen LogP contribution < -0.4 is 0 Å². The molecular weight excluding hydrogens is 348 g/mol. The number of rotatable bonds is 14. The van der Waals surface area contributed by atoms with E-state index < -0.39 is 24.3 Å². The summed E-state index contributed by atoms with van der Waals surface area (Å²) < 4.78 is 5.19. The van der Waals surface area contributed by atoms with Gasteiger partial charge in [0, 0.05) is 19.4 Å². The van der Waals surface area contributed by atoms with Gasteiger partial charge in [0.15, 0.2) is 0 Å². The quantitative estimate of drug-likeness (QED) is 0.270. The van der Waals surface area contributed by atoms with Crippen LogP contribution in [-0.4, -0.2) is 57.9 Å². The number of aliphatic hydroxyl groups is 3. The molecule has 0 saturated heterocycles. The molecule has 0 radical (unpaired) electrons. The molecule has 6 atom stereocenters. The van der Waals surface area contributed by atoms with Crippen LogP contribution in [-0.2, 0) is 9.53 Å². The van der Waals surface area contributed by atoms with Crippen LogP contribution in [0.2, 0.25) is 0 Å². The minimum Gasteiger partial charge on any atom is -0.481 e. The maximum absolute atomic E-state index is 10.8. The average Bonchev–Trinajstić information content (AvgIpc) is 2.88. The van der Waals surface area contributed by atoms with Gasteiger partial charge in [0.05, 0.1) is 30.8 Å². The van der Waals surface area contributed by atoms with Crippen LogP contribution in [0.3, 0.4) is 0 Å². The minimum absolute atomic E-state index is 0.00253. The van der Waals surface area contributed by atoms with Crippen molar-refractivity contribution in [2.24, 2.45) is 11.8 Å². The number of aliphatic carboxylic acids is 1. The molecule has 0 aliphatic heterocycles. The lowest BCUT2D eigenvalue weighted by atomic mass is 9.87. The zero-order valence-corrected chi connectivity index (χ0v) is 16.8. The number of hydrogen-bond donors (Lipinski definition) is 4. The molecule has 0 spiro atoms. The second-order valence-electron chi connectivity index (χ2n) is 7.80. The van der Waals surface area contributed by atoms with Crippen LogP contribution in [0, 0.1) is 11.8 Å². The highest BCUT2D eigenvalue weighted by Gasteiger charge is 2.39. The van der Waals surface area contributed by atoms with E-state index in [9.17, 15) is 20.1 Å². The third kappa shape index (κ3) is 9.19. The van der Waals surface area contributed by atoms with Crippen molar-refractivity contribution in [2.45, 2.75) is 95.5 Å². The molecule has 1 aliphatic carbocycles. The highest BCUT2D eigenvalue weighted by Crippen LogP contribution is 2.37. The van der Waals surface area contributed by atoms with E-state index in [0.717, 1.165) is 44.9 Å². The molecule has 0 amide bonds. The van der Waals surface area contributed by atoms with E-state index in [1.165, 1.54) is 7.11 Å². The first-order valence-electron chi connectivity index (χ1n) is 10.4. The minimum atomic E-state index is -0.862. The van der Waals surface area contributed by atoms with Crippen molar-refractivity contribution in [2.75, 3.05) is 7.11 Å². The molecule has 1 rings (SSSR count). The molecule has 1 saturated carbocycles. The maximum Gasteiger partial charge on any atom is 0.305 e. The largest absolute Gasteiger partial charge is 0.481 e. The standard InChI is InChI=1S/C21H38O6/c1-3-4-5-8-15(22)11-12-18-17(19(23)14-20(18)24)10-7-6-9-16(27-2)13-21(25)26/h11-12,15-20,22-24H,3-10,13-14H2,1-2H3,(H,25,26)/b12-11+/t15-,16+,17+,18+,19-,20+/m0/s1. The Morgan fingerprint density at radius 3 is 2.48 bits per heavy atom. The predicted molar refractivity (Wildman–Crippen MR) is 104 cm³/mol. The molecule has 6 heteroatoms. The van der Waals surface area contributed by atoms with Gasteiger partial charge in [0.25, 0.3) is 0 Å². The van der Waals surface area contributed by atoms with Crippen LogP contribution in [0.25, 0.3) is 0 Å². The molecule has 1 fully saturated rings. The van der Waals surface area contributed by atoms with Gasteiger partial charge in [-0.3, -0.25) is 4.79 Å². The molecule has 1 aliphatic rings. The Labute approximate surface area is 163 Å². The summed E-state index contributed by atoms with van der Waals surface area (Å²) in [6, 6.07) is 0. The topological polar surface area (TPSA) is 107 Å². The van der Waals surface area contributed by atoms with E-state index in [1.807, 2.05) is 6.08 Å². The fourth-order valence-corrected chi connectivity index (χ4v) is 3.98. The molecule has 0 aromatic carbocycles. The lowest BCUT2D eigenvalue weighted by Crippen LogP contribution is -2.21. The van der Waals surface area contributed by atoms with Gasteiger partial charge in [-0.2, -0.15) is 0 Å². The van der Waals surface area contributed by atoms with Crippen molar-refractivity contribution in [3.63, 3.8) is 0 Å². The molecule has 0 bridgehead atoms. The smallest absolute Gasteiger partial charge is 0.305 e. The van der Waals surface area contributed by atoms with Gasteiger partial charge >= 0.3 is 5.97 Å². The van der Waals surface area contributed by atoms with Gasteiger partial charge in [-0.05, 0) is 25.2 Å². The van der Waals surface area contributed by atoms with Crippen molar-refractivity contribution in [1.29, 1.82) is 0 Å². The summed E-state index contributed by atoms with van der Waals surface area (Å²) in [5.41, 5.74) is 0. The second-order valence-corrected chi connectivity index (χ2v) is 7.80. The van der Waals surface area contributed by atoms with Crippen molar-refractivity contribution in [3.8, 4) is 0 Å². The van der Waals surface area contributed by atoms with E-state index in [-0.39, 0.29) is 24.4 Å². The highest BCUT2D eigenvalue weighted by atomic mass is 16.5. The number of carboxylic acid groups (broad SMARTS) is 1. The van der Waals surface area contributed by atoms with Gasteiger partial charge in [-0.15, -0.1) is 0 Å². The molecule has 0 aromatic heterocycles. The Hall–Kier alpha value is -0.950. The van der Waals surface area contributed by atoms with Gasteiger partial charge in [0.2, 0.25) is 0 Å². The van der Waals surface area contributed by atoms with Gasteiger partial charge in [-0.25, -0.2) is 0 Å². The average molecular weight is 387 g/mol. The van der Waals surface area contributed by atoms with Crippen LogP contribution in [0.1, 0.15) is 71.1 Å². The number of methoxy groups -OCH3 is 1. The third-order valence-corrected chi connectivity index (χ3v) is 5.62. The number of carbonyl (C=O) groups is 1. The molecule has 27 heavy (non-hydrogen) atoms. The van der Waals surface area contributed by atoms with Crippen LogP contribution in [0.5, 0.6) is 0 Å². The van der Waals surface area contributed by atoms with Crippen molar-refractivity contribution in [1.82, 2.24) is 0 Å². The first kappa shape index (κ1) is 24.1. The van der Waals surface area contributed by atoms with Gasteiger partial charge in [-0.1, -0.05) is 51.2 Å². The summed E-state index contributed by atoms with van der Waals surface area (Å²) in [4.78, 5) is 10.8. The monoisotopic (exact) mass is 386 g/mol. The zero-order valence-electron chi connectivity index (χ0n) is 16.8. The third-order valence-electron chi connectivity index (χ3n) is 5.62. The first-order valence-corrected chi connectivity index (χ1v) is 10.4. The summed E-state index contributed by atoms with van der Waals surface area (Å²) in [6.45, 7) is 2.12. The zero-order chi connectivity index (χ0) is 20.2. The molecule has 0 aromatic rings. The Morgan fingerprint density at radius 2 is 1.85 bits per heavy atom. The Kier molecular flexibility index (Phi) is 11.8. The van der Waals surface area contributed by atoms with Crippen LogP contribution >= 0.6 is 0 Å². The van der Waals surface area contributed by atoms with E-state index in [1.54, 1.807) is 6.08 Å². The van der Waals surface area contributed by atoms with Crippen molar-refractivity contribution >= 4 is 5.97 Å². The van der Waals surface area contributed by atoms with E-state index in [2.05, 4.69) is 6.92 Å². The summed E-state index contributed by atoms with van der Waals surface area (Å²) in [5.74, 6) is -1.03. The normalized spacial score (nSPS) is 27.9. The van der Waals surface area contributed by atoms with Gasteiger partial charge in [0.1, 0.15) is 0 Å². The summed E-state index contributed by atoms with van der Waals surface area (Å²) in [7, 11) is 1.53. The number of carboxylic acids is 1. The second kappa shape index (κ2) is 13.3. The Balaban J connectivity index is 2.45. The number of unbranched alkanes of at least 4 members (excludes halogenated alkanes) is 3. The lowest BCUT2D eigenvalue weighted by Gasteiger charge is -2.21. The molecular formula is C21H38O6. The highest BCUT2D eigenvalue weighted by molar-refractivity contribution is 5.67.